The van der Waals surface area contributed by atoms with Gasteiger partial charge in [0.2, 0.25) is 0 Å². The first kappa shape index (κ1) is 19.0. The highest BCUT2D eigenvalue weighted by molar-refractivity contribution is 7.80. The van der Waals surface area contributed by atoms with Gasteiger partial charge in [-0.25, -0.2) is 4.79 Å². The predicted octanol–water partition coefficient (Wildman–Crippen LogP) is 3.03. The van der Waals surface area contributed by atoms with Crippen LogP contribution in [0.25, 0.3) is 6.08 Å². The van der Waals surface area contributed by atoms with Crippen molar-refractivity contribution in [1.82, 2.24) is 10.6 Å². The molecule has 1 aromatic carbocycles. The second-order valence-electron chi connectivity index (χ2n) is 6.74. The number of carbonyl (C=O) groups is 1. The second kappa shape index (κ2) is 7.70. The van der Waals surface area contributed by atoms with E-state index in [9.17, 15) is 4.79 Å². The van der Waals surface area contributed by atoms with Gasteiger partial charge >= 0.3 is 5.97 Å². The Morgan fingerprint density at radius 2 is 1.84 bits per heavy atom. The number of methoxy groups -OCH3 is 2. The Morgan fingerprint density at radius 1 is 1.20 bits per heavy atom. The molecule has 0 unspecified atom stereocenters. The Morgan fingerprint density at radius 3 is 2.36 bits per heavy atom. The molecule has 1 atom stereocenters. The lowest BCUT2D eigenvalue weighted by Gasteiger charge is -2.35. The molecule has 1 aromatic rings. The van der Waals surface area contributed by atoms with Crippen LogP contribution in [-0.4, -0.2) is 31.3 Å². The van der Waals surface area contributed by atoms with E-state index in [2.05, 4.69) is 10.6 Å². The molecule has 6 heteroatoms. The van der Waals surface area contributed by atoms with Crippen LogP contribution in [0.5, 0.6) is 5.75 Å². The third-order valence-electron chi connectivity index (χ3n) is 3.86. The molecule has 0 spiro atoms. The quantitative estimate of drug-likeness (QED) is 0.636. The highest BCUT2D eigenvalue weighted by Crippen LogP contribution is 2.30. The second-order valence-corrected chi connectivity index (χ2v) is 7.15. The third kappa shape index (κ3) is 4.60. The van der Waals surface area contributed by atoms with Gasteiger partial charge < -0.3 is 20.1 Å². The molecule has 0 amide bonds. The smallest absolute Gasteiger partial charge is 0.337 e. The van der Waals surface area contributed by atoms with Crippen LogP contribution < -0.4 is 15.4 Å². The summed E-state index contributed by atoms with van der Waals surface area (Å²) in [6, 6.07) is 7.30. The van der Waals surface area contributed by atoms with E-state index in [1.165, 1.54) is 7.11 Å². The number of thiocarbonyl (C=S) groups is 1. The first-order valence-electron chi connectivity index (χ1n) is 7.99. The minimum atomic E-state index is -0.378. The van der Waals surface area contributed by atoms with Crippen molar-refractivity contribution in [2.45, 2.75) is 26.8 Å². The number of hydrogen-bond donors (Lipinski definition) is 2. The Kier molecular flexibility index (Phi) is 5.85. The van der Waals surface area contributed by atoms with Crippen LogP contribution in [-0.2, 0) is 9.53 Å². The number of esters is 1. The van der Waals surface area contributed by atoms with E-state index in [0.717, 1.165) is 17.0 Å². The fraction of sp³-hybridized carbons (Fsp3) is 0.368. The number of benzene rings is 1. The van der Waals surface area contributed by atoms with Gasteiger partial charge in [-0.1, -0.05) is 45.1 Å². The zero-order chi connectivity index (χ0) is 18.6. The predicted molar refractivity (Wildman–Crippen MR) is 103 cm³/mol. The lowest BCUT2D eigenvalue weighted by atomic mass is 9.85. The SMILES string of the molecule is COC(=O)C1=C(C(C)(C)C)NC(=S)N[C@H]1/C=C/c1ccc(OC)cc1. The molecule has 0 saturated heterocycles. The summed E-state index contributed by atoms with van der Waals surface area (Å²) >= 11 is 5.31. The Bertz CT molecular complexity index is 715. The molecule has 0 saturated carbocycles. The van der Waals surface area contributed by atoms with Crippen molar-refractivity contribution in [2.24, 2.45) is 5.41 Å². The molecule has 5 nitrogen and oxygen atoms in total. The van der Waals surface area contributed by atoms with Crippen LogP contribution in [0.4, 0.5) is 0 Å². The minimum absolute atomic E-state index is 0.276. The van der Waals surface area contributed by atoms with E-state index < -0.39 is 0 Å². The standard InChI is InChI=1S/C19H24N2O3S/c1-19(2,3)16-15(17(22)24-5)14(20-18(25)21-16)11-8-12-6-9-13(23-4)10-7-12/h6-11,14H,1-5H3,(H2,20,21,25)/b11-8+/t14-/m0/s1. The van der Waals surface area contributed by atoms with Crippen molar-refractivity contribution in [3.63, 3.8) is 0 Å². The maximum absolute atomic E-state index is 12.4. The summed E-state index contributed by atoms with van der Waals surface area (Å²) in [5.41, 5.74) is 2.02. The maximum Gasteiger partial charge on any atom is 0.337 e. The summed E-state index contributed by atoms with van der Waals surface area (Å²) < 4.78 is 10.2. The molecule has 25 heavy (non-hydrogen) atoms. The van der Waals surface area contributed by atoms with Gasteiger partial charge in [-0.05, 0) is 29.9 Å². The zero-order valence-corrected chi connectivity index (χ0v) is 16.0. The highest BCUT2D eigenvalue weighted by Gasteiger charge is 2.34. The van der Waals surface area contributed by atoms with Crippen molar-refractivity contribution in [3.8, 4) is 5.75 Å². The van der Waals surface area contributed by atoms with Crippen molar-refractivity contribution in [3.05, 3.63) is 47.2 Å². The van der Waals surface area contributed by atoms with Crippen LogP contribution in [0.2, 0.25) is 0 Å². The fourth-order valence-corrected chi connectivity index (χ4v) is 2.81. The molecule has 1 heterocycles. The summed E-state index contributed by atoms with van der Waals surface area (Å²) in [5, 5.41) is 6.73. The topological polar surface area (TPSA) is 59.6 Å². The van der Waals surface area contributed by atoms with E-state index in [1.807, 2.05) is 57.2 Å². The molecule has 2 N–H and O–H groups in total. The van der Waals surface area contributed by atoms with Crippen molar-refractivity contribution < 1.29 is 14.3 Å². The van der Waals surface area contributed by atoms with E-state index in [4.69, 9.17) is 21.7 Å². The Hall–Kier alpha value is -2.34. The Balaban J connectivity index is 2.39. The number of rotatable bonds is 4. The first-order chi connectivity index (χ1) is 11.8. The molecule has 2 rings (SSSR count). The fourth-order valence-electron chi connectivity index (χ4n) is 2.58. The molecule has 0 radical (unpaired) electrons. The van der Waals surface area contributed by atoms with E-state index in [-0.39, 0.29) is 17.4 Å². The summed E-state index contributed by atoms with van der Waals surface area (Å²) in [6.07, 6.45) is 3.85. The van der Waals surface area contributed by atoms with Gasteiger partial charge in [0.15, 0.2) is 5.11 Å². The maximum atomic E-state index is 12.4. The lowest BCUT2D eigenvalue weighted by Crippen LogP contribution is -2.51. The van der Waals surface area contributed by atoms with Crippen LogP contribution in [0, 0.1) is 5.41 Å². The highest BCUT2D eigenvalue weighted by atomic mass is 32.1. The van der Waals surface area contributed by atoms with Crippen molar-refractivity contribution >= 4 is 29.4 Å². The van der Waals surface area contributed by atoms with Gasteiger partial charge in [-0.3, -0.25) is 0 Å². The molecule has 0 bridgehead atoms. The molecule has 1 aliphatic rings. The molecular formula is C19H24N2O3S. The molecule has 0 aliphatic carbocycles. The van der Waals surface area contributed by atoms with Crippen molar-refractivity contribution in [1.29, 1.82) is 0 Å². The molecule has 0 aromatic heterocycles. The van der Waals surface area contributed by atoms with E-state index in [0.29, 0.717) is 10.7 Å². The number of nitrogens with one attached hydrogen (secondary N) is 2. The third-order valence-corrected chi connectivity index (χ3v) is 4.08. The van der Waals surface area contributed by atoms with Gasteiger partial charge in [-0.15, -0.1) is 0 Å². The average molecular weight is 360 g/mol. The zero-order valence-electron chi connectivity index (χ0n) is 15.2. The van der Waals surface area contributed by atoms with Crippen molar-refractivity contribution in [2.75, 3.05) is 14.2 Å². The first-order valence-corrected chi connectivity index (χ1v) is 8.40. The van der Waals surface area contributed by atoms with Gasteiger partial charge in [0.05, 0.1) is 25.8 Å². The normalized spacial score (nSPS) is 18.0. The Labute approximate surface area is 154 Å². The van der Waals surface area contributed by atoms with Gasteiger partial charge in [0.1, 0.15) is 5.75 Å². The van der Waals surface area contributed by atoms with Crippen LogP contribution >= 0.6 is 12.2 Å². The minimum Gasteiger partial charge on any atom is -0.497 e. The van der Waals surface area contributed by atoms with Gasteiger partial charge in [0, 0.05) is 11.1 Å². The largest absolute Gasteiger partial charge is 0.497 e. The van der Waals surface area contributed by atoms with Gasteiger partial charge in [-0.2, -0.15) is 0 Å². The lowest BCUT2D eigenvalue weighted by molar-refractivity contribution is -0.136. The van der Waals surface area contributed by atoms with E-state index in [1.54, 1.807) is 7.11 Å². The summed E-state index contributed by atoms with van der Waals surface area (Å²) in [4.78, 5) is 12.4. The van der Waals surface area contributed by atoms with Gasteiger partial charge in [0.25, 0.3) is 0 Å². The monoisotopic (exact) mass is 360 g/mol. The van der Waals surface area contributed by atoms with Crippen LogP contribution in [0.1, 0.15) is 26.3 Å². The number of allylic oxidation sites excluding steroid dienone is 1. The number of ether oxygens (including phenoxy) is 2. The summed E-state index contributed by atoms with van der Waals surface area (Å²) in [5.74, 6) is 0.417. The van der Waals surface area contributed by atoms with Crippen LogP contribution in [0.15, 0.2) is 41.6 Å². The van der Waals surface area contributed by atoms with E-state index >= 15 is 0 Å². The summed E-state index contributed by atoms with van der Waals surface area (Å²) in [6.45, 7) is 6.07. The molecule has 1 aliphatic heterocycles. The summed E-state index contributed by atoms with van der Waals surface area (Å²) in [7, 11) is 3.01. The molecule has 0 fully saturated rings. The number of hydrogen-bond acceptors (Lipinski definition) is 4. The molecule has 134 valence electrons. The van der Waals surface area contributed by atoms with Crippen LogP contribution in [0.3, 0.4) is 0 Å². The molecular weight excluding hydrogens is 336 g/mol. The average Bonchev–Trinajstić information content (AvgIpc) is 2.58. The number of carbonyl (C=O) groups excluding carboxylic acids is 1.